The van der Waals surface area contributed by atoms with Crippen LogP contribution in [-0.2, 0) is 7.05 Å². The van der Waals surface area contributed by atoms with E-state index in [4.69, 9.17) is 0 Å². The Morgan fingerprint density at radius 3 is 1.89 bits per heavy atom. The molecule has 19 heavy (non-hydrogen) atoms. The Morgan fingerprint density at radius 2 is 1.47 bits per heavy atom. The van der Waals surface area contributed by atoms with Crippen molar-refractivity contribution in [1.82, 2.24) is 9.78 Å². The molecule has 0 radical (unpaired) electrons. The van der Waals surface area contributed by atoms with Crippen molar-refractivity contribution in [2.75, 3.05) is 0 Å². The molecule has 0 N–H and O–H groups in total. The summed E-state index contributed by atoms with van der Waals surface area (Å²) in [5.41, 5.74) is -1.94. The lowest BCUT2D eigenvalue weighted by atomic mass is 10.1. The molecule has 0 fully saturated rings. The van der Waals surface area contributed by atoms with Crippen molar-refractivity contribution in [3.63, 3.8) is 0 Å². The molecule has 0 aliphatic rings. The Morgan fingerprint density at radius 1 is 1.00 bits per heavy atom. The van der Waals surface area contributed by atoms with E-state index in [1.807, 2.05) is 0 Å². The zero-order chi connectivity index (χ0) is 14.3. The highest BCUT2D eigenvalue weighted by molar-refractivity contribution is 6.08. The molecule has 8 heteroatoms. The van der Waals surface area contributed by atoms with Gasteiger partial charge in [0, 0.05) is 13.2 Å². The van der Waals surface area contributed by atoms with Gasteiger partial charge in [-0.2, -0.15) is 5.10 Å². The van der Waals surface area contributed by atoms with E-state index in [2.05, 4.69) is 5.10 Å². The molecule has 100 valence electrons. The molecule has 0 saturated carbocycles. The Bertz CT molecular complexity index is 651. The van der Waals surface area contributed by atoms with Crippen LogP contribution in [0.15, 0.2) is 12.3 Å². The first-order chi connectivity index (χ1) is 8.84. The first kappa shape index (κ1) is 13.2. The third-order valence-electron chi connectivity index (χ3n) is 2.38. The van der Waals surface area contributed by atoms with E-state index in [0.29, 0.717) is 0 Å². The van der Waals surface area contributed by atoms with Crippen LogP contribution < -0.4 is 0 Å². The number of aryl methyl sites for hydroxylation is 1. The van der Waals surface area contributed by atoms with Crippen molar-refractivity contribution in [3.8, 4) is 0 Å². The number of hydrogen-bond donors (Lipinski definition) is 0. The summed E-state index contributed by atoms with van der Waals surface area (Å²) in [5, 5.41) is 3.55. The van der Waals surface area contributed by atoms with Gasteiger partial charge in [0.2, 0.25) is 11.6 Å². The SMILES string of the molecule is Cn1ccc(C(=O)c2c(F)c(F)c(F)c(F)c2F)n1. The molecule has 1 aromatic heterocycles. The second-order valence-electron chi connectivity index (χ2n) is 3.65. The molecule has 0 saturated heterocycles. The van der Waals surface area contributed by atoms with Gasteiger partial charge in [0.05, 0.1) is 0 Å². The van der Waals surface area contributed by atoms with Crippen molar-refractivity contribution in [2.45, 2.75) is 0 Å². The minimum absolute atomic E-state index is 0.425. The maximum Gasteiger partial charge on any atom is 0.219 e. The van der Waals surface area contributed by atoms with Gasteiger partial charge in [-0.3, -0.25) is 9.48 Å². The molecule has 0 atom stereocenters. The van der Waals surface area contributed by atoms with Crippen molar-refractivity contribution >= 4 is 5.78 Å². The lowest BCUT2D eigenvalue weighted by molar-refractivity contribution is 0.102. The van der Waals surface area contributed by atoms with Crippen molar-refractivity contribution < 1.29 is 26.7 Å². The number of hydrogen-bond acceptors (Lipinski definition) is 2. The topological polar surface area (TPSA) is 34.9 Å². The van der Waals surface area contributed by atoms with Crippen LogP contribution in [0.3, 0.4) is 0 Å². The average Bonchev–Trinajstić information content (AvgIpc) is 2.81. The summed E-state index contributed by atoms with van der Waals surface area (Å²) in [7, 11) is 1.43. The number of carbonyl (C=O) groups is 1. The monoisotopic (exact) mass is 276 g/mol. The molecule has 0 aliphatic heterocycles. The molecule has 3 nitrogen and oxygen atoms in total. The lowest BCUT2D eigenvalue weighted by Gasteiger charge is -2.05. The molecule has 1 heterocycles. The van der Waals surface area contributed by atoms with Crippen LogP contribution in [0.5, 0.6) is 0 Å². The van der Waals surface area contributed by atoms with Crippen molar-refractivity contribution in [3.05, 3.63) is 52.6 Å². The maximum atomic E-state index is 13.4. The summed E-state index contributed by atoms with van der Waals surface area (Å²) in [6, 6.07) is 1.10. The molecule has 0 bridgehead atoms. The van der Waals surface area contributed by atoms with Crippen LogP contribution in [0.1, 0.15) is 16.1 Å². The van der Waals surface area contributed by atoms with Gasteiger partial charge in [0.1, 0.15) is 11.3 Å². The summed E-state index contributed by atoms with van der Waals surface area (Å²) in [6.45, 7) is 0. The van der Waals surface area contributed by atoms with Gasteiger partial charge < -0.3 is 0 Å². The van der Waals surface area contributed by atoms with E-state index >= 15 is 0 Å². The molecule has 2 rings (SSSR count). The standard InChI is InChI=1S/C11H5F5N2O/c1-18-3-2-4(17-18)11(19)5-6(12)8(14)10(16)9(15)7(5)13/h2-3H,1H3. The number of nitrogens with zero attached hydrogens (tertiary/aromatic N) is 2. The van der Waals surface area contributed by atoms with Gasteiger partial charge in [-0.05, 0) is 6.07 Å². The predicted octanol–water partition coefficient (Wildman–Crippen LogP) is 2.35. The number of halogens is 5. The summed E-state index contributed by atoms with van der Waals surface area (Å²) < 4.78 is 66.6. The van der Waals surface area contributed by atoms with Gasteiger partial charge in [0.15, 0.2) is 23.3 Å². The van der Waals surface area contributed by atoms with Crippen molar-refractivity contribution in [2.24, 2.45) is 7.05 Å². The first-order valence-corrected chi connectivity index (χ1v) is 4.90. The molecular formula is C11H5F5N2O. The molecule has 1 aromatic carbocycles. The molecule has 0 spiro atoms. The molecular weight excluding hydrogens is 271 g/mol. The summed E-state index contributed by atoms with van der Waals surface area (Å²) >= 11 is 0. The van der Waals surface area contributed by atoms with Crippen LogP contribution in [0.4, 0.5) is 22.0 Å². The third kappa shape index (κ3) is 1.98. The fourth-order valence-corrected chi connectivity index (χ4v) is 1.47. The summed E-state index contributed by atoms with van der Waals surface area (Å²) in [6.07, 6.45) is 1.29. The summed E-state index contributed by atoms with van der Waals surface area (Å²) in [4.78, 5) is 11.7. The van der Waals surface area contributed by atoms with Gasteiger partial charge >= 0.3 is 0 Å². The zero-order valence-electron chi connectivity index (χ0n) is 9.35. The highest BCUT2D eigenvalue weighted by atomic mass is 19.2. The van der Waals surface area contributed by atoms with E-state index < -0.39 is 46.1 Å². The largest absolute Gasteiger partial charge is 0.287 e. The molecule has 2 aromatic rings. The smallest absolute Gasteiger partial charge is 0.219 e. The number of ketones is 1. The molecule has 0 aliphatic carbocycles. The average molecular weight is 276 g/mol. The zero-order valence-corrected chi connectivity index (χ0v) is 9.35. The number of aromatic nitrogens is 2. The fraction of sp³-hybridized carbons (Fsp3) is 0.0909. The van der Waals surface area contributed by atoms with Crippen LogP contribution in [0.2, 0.25) is 0 Å². The fourth-order valence-electron chi connectivity index (χ4n) is 1.47. The summed E-state index contributed by atoms with van der Waals surface area (Å²) in [5.74, 6) is -12.4. The minimum Gasteiger partial charge on any atom is -0.287 e. The van der Waals surface area contributed by atoms with Crippen LogP contribution in [-0.4, -0.2) is 15.6 Å². The maximum absolute atomic E-state index is 13.4. The van der Waals surface area contributed by atoms with E-state index in [-0.39, 0.29) is 0 Å². The molecule has 0 unspecified atom stereocenters. The van der Waals surface area contributed by atoms with Crippen molar-refractivity contribution in [1.29, 1.82) is 0 Å². The number of benzene rings is 1. The van der Waals surface area contributed by atoms with Gasteiger partial charge in [-0.25, -0.2) is 22.0 Å². The third-order valence-corrected chi connectivity index (χ3v) is 2.38. The van der Waals surface area contributed by atoms with E-state index in [1.165, 1.54) is 13.2 Å². The number of rotatable bonds is 2. The molecule has 0 amide bonds. The highest BCUT2D eigenvalue weighted by Crippen LogP contribution is 2.24. The predicted molar refractivity (Wildman–Crippen MR) is 52.9 cm³/mol. The van der Waals surface area contributed by atoms with E-state index in [1.54, 1.807) is 0 Å². The first-order valence-electron chi connectivity index (χ1n) is 4.90. The quantitative estimate of drug-likeness (QED) is 0.365. The van der Waals surface area contributed by atoms with Gasteiger partial charge in [-0.1, -0.05) is 0 Å². The lowest BCUT2D eigenvalue weighted by Crippen LogP contribution is -2.14. The Balaban J connectivity index is 2.66. The minimum atomic E-state index is -2.31. The Hall–Kier alpha value is -2.25. The normalized spacial score (nSPS) is 10.8. The number of carbonyl (C=O) groups excluding carboxylic acids is 1. The second kappa shape index (κ2) is 4.45. The van der Waals surface area contributed by atoms with Crippen LogP contribution >= 0.6 is 0 Å². The van der Waals surface area contributed by atoms with Crippen LogP contribution in [0, 0.1) is 29.1 Å². The highest BCUT2D eigenvalue weighted by Gasteiger charge is 2.30. The van der Waals surface area contributed by atoms with Gasteiger partial charge in [-0.15, -0.1) is 0 Å². The van der Waals surface area contributed by atoms with E-state index in [0.717, 1.165) is 10.7 Å². The van der Waals surface area contributed by atoms with Gasteiger partial charge in [0.25, 0.3) is 0 Å². The van der Waals surface area contributed by atoms with Crippen LogP contribution in [0.25, 0.3) is 0 Å². The van der Waals surface area contributed by atoms with E-state index in [9.17, 15) is 26.7 Å². The Kier molecular flexibility index (Phi) is 3.09. The Labute approximate surface area is 103 Å². The second-order valence-corrected chi connectivity index (χ2v) is 3.65.